The molecule has 0 aliphatic heterocycles. The fourth-order valence-electron chi connectivity index (χ4n) is 1.34. The Hall–Kier alpha value is -0.290. The summed E-state index contributed by atoms with van der Waals surface area (Å²) in [5.41, 5.74) is 0. The summed E-state index contributed by atoms with van der Waals surface area (Å²) in [7, 11) is 1.80. The van der Waals surface area contributed by atoms with Gasteiger partial charge in [-0.05, 0) is 40.9 Å². The average molecular weight is 353 g/mol. The van der Waals surface area contributed by atoms with Gasteiger partial charge in [0.05, 0.1) is 0 Å². The number of alkyl halides is 1. The first-order valence-electron chi connectivity index (χ1n) is 5.22. The summed E-state index contributed by atoms with van der Waals surface area (Å²) in [5, 5.41) is 1.02. The van der Waals surface area contributed by atoms with E-state index in [1.165, 1.54) is 0 Å². The number of hydrogen-bond acceptors (Lipinski definition) is 2. The topological polar surface area (TPSA) is 33.5 Å². The first-order valence-corrected chi connectivity index (χ1v) is 7.13. The molecule has 0 saturated heterocycles. The van der Waals surface area contributed by atoms with Crippen LogP contribution in [0.2, 0.25) is 0 Å². The molecule has 0 bridgehead atoms. The molecule has 0 fully saturated rings. The summed E-state index contributed by atoms with van der Waals surface area (Å²) in [4.78, 5) is 13.5. The minimum atomic E-state index is -0.0652. The molecule has 0 saturated carbocycles. The number of hydrogen-bond donors (Lipinski definition) is 0. The minimum Gasteiger partial charge on any atom is -0.444 e. The van der Waals surface area contributed by atoms with Crippen molar-refractivity contribution in [3.8, 4) is 0 Å². The van der Waals surface area contributed by atoms with Crippen molar-refractivity contribution in [1.82, 2.24) is 4.90 Å². The van der Waals surface area contributed by atoms with E-state index in [2.05, 4.69) is 31.9 Å². The number of carbonyl (C=O) groups excluding carboxylic acids is 1. The van der Waals surface area contributed by atoms with Gasteiger partial charge in [0, 0.05) is 18.9 Å². The Morgan fingerprint density at radius 3 is 2.69 bits per heavy atom. The highest BCUT2D eigenvalue weighted by Crippen LogP contribution is 2.15. The fourth-order valence-corrected chi connectivity index (χ4v) is 2.04. The second-order valence-corrected chi connectivity index (χ2v) is 5.15. The van der Waals surface area contributed by atoms with Crippen molar-refractivity contribution < 1.29 is 9.21 Å². The van der Waals surface area contributed by atoms with Crippen LogP contribution in [-0.4, -0.2) is 29.7 Å². The van der Waals surface area contributed by atoms with Crippen LogP contribution in [0, 0.1) is 0 Å². The van der Waals surface area contributed by atoms with Crippen LogP contribution in [0.5, 0.6) is 0 Å². The van der Waals surface area contributed by atoms with Crippen LogP contribution in [0.25, 0.3) is 0 Å². The molecule has 1 aromatic heterocycles. The molecule has 0 radical (unpaired) electrons. The quantitative estimate of drug-likeness (QED) is 0.578. The van der Waals surface area contributed by atoms with Crippen LogP contribution in [0.1, 0.15) is 29.8 Å². The summed E-state index contributed by atoms with van der Waals surface area (Å²) in [6, 6.07) is 3.41. The van der Waals surface area contributed by atoms with E-state index in [9.17, 15) is 4.79 Å². The molecule has 0 aliphatic carbocycles. The van der Waals surface area contributed by atoms with Crippen molar-refractivity contribution in [3.05, 3.63) is 22.6 Å². The molecule has 1 amide bonds. The van der Waals surface area contributed by atoms with Crippen LogP contribution >= 0.6 is 31.9 Å². The van der Waals surface area contributed by atoms with Crippen molar-refractivity contribution in [2.45, 2.75) is 19.3 Å². The van der Waals surface area contributed by atoms with E-state index in [1.54, 1.807) is 24.1 Å². The second-order valence-electron chi connectivity index (χ2n) is 3.58. The van der Waals surface area contributed by atoms with E-state index in [4.69, 9.17) is 4.42 Å². The van der Waals surface area contributed by atoms with Gasteiger partial charge in [0.25, 0.3) is 5.91 Å². The Morgan fingerprint density at radius 2 is 2.12 bits per heavy atom. The highest BCUT2D eigenvalue weighted by molar-refractivity contribution is 9.10. The van der Waals surface area contributed by atoms with Gasteiger partial charge >= 0.3 is 0 Å². The first-order chi connectivity index (χ1) is 7.65. The normalized spacial score (nSPS) is 10.4. The fraction of sp³-hybridized carbons (Fsp3) is 0.545. The lowest BCUT2D eigenvalue weighted by molar-refractivity contribution is 0.0760. The van der Waals surface area contributed by atoms with E-state index < -0.39 is 0 Å². The number of rotatable bonds is 6. The minimum absolute atomic E-state index is 0.0652. The molecular weight excluding hydrogens is 338 g/mol. The number of halogens is 2. The molecule has 0 unspecified atom stereocenters. The summed E-state index contributed by atoms with van der Waals surface area (Å²) in [6.07, 6.45) is 3.30. The third-order valence-electron chi connectivity index (χ3n) is 2.26. The Labute approximate surface area is 112 Å². The number of nitrogens with zero attached hydrogens (tertiary/aromatic N) is 1. The SMILES string of the molecule is CN(CCCCCBr)C(=O)c1ccc(Br)o1. The Kier molecular flexibility index (Phi) is 6.13. The molecule has 1 heterocycles. The maximum Gasteiger partial charge on any atom is 0.289 e. The Balaban J connectivity index is 2.36. The molecule has 0 atom stereocenters. The van der Waals surface area contributed by atoms with Crippen LogP contribution < -0.4 is 0 Å². The Morgan fingerprint density at radius 1 is 1.38 bits per heavy atom. The molecule has 16 heavy (non-hydrogen) atoms. The molecule has 5 heteroatoms. The molecule has 90 valence electrons. The van der Waals surface area contributed by atoms with Gasteiger partial charge in [0.15, 0.2) is 10.4 Å². The Bertz CT molecular complexity index is 338. The van der Waals surface area contributed by atoms with Gasteiger partial charge < -0.3 is 9.32 Å². The number of carbonyl (C=O) groups is 1. The van der Waals surface area contributed by atoms with Gasteiger partial charge in [-0.25, -0.2) is 0 Å². The van der Waals surface area contributed by atoms with Crippen molar-refractivity contribution in [2.24, 2.45) is 0 Å². The molecule has 0 N–H and O–H groups in total. The third-order valence-corrected chi connectivity index (χ3v) is 3.24. The molecule has 0 aliphatic rings. The van der Waals surface area contributed by atoms with Crippen LogP contribution in [-0.2, 0) is 0 Å². The lowest BCUT2D eigenvalue weighted by atomic mass is 10.2. The van der Waals surface area contributed by atoms with Crippen LogP contribution in [0.15, 0.2) is 21.2 Å². The summed E-state index contributed by atoms with van der Waals surface area (Å²) in [6.45, 7) is 0.768. The van der Waals surface area contributed by atoms with E-state index in [1.807, 2.05) is 0 Å². The predicted molar refractivity (Wildman–Crippen MR) is 71.0 cm³/mol. The standard InChI is InChI=1S/C11H15Br2NO2/c1-14(8-4-2-3-7-12)11(15)9-5-6-10(13)16-9/h5-6H,2-4,7-8H2,1H3. The monoisotopic (exact) mass is 351 g/mol. The van der Waals surface area contributed by atoms with Crippen LogP contribution in [0.4, 0.5) is 0 Å². The first kappa shape index (κ1) is 13.8. The maximum absolute atomic E-state index is 11.8. The number of furan rings is 1. The molecule has 1 rings (SSSR count). The van der Waals surface area contributed by atoms with E-state index in [0.29, 0.717) is 10.4 Å². The third kappa shape index (κ3) is 4.29. The molecular formula is C11H15Br2NO2. The van der Waals surface area contributed by atoms with Gasteiger partial charge in [-0.2, -0.15) is 0 Å². The second kappa shape index (κ2) is 7.12. The van der Waals surface area contributed by atoms with Gasteiger partial charge in [-0.3, -0.25) is 4.79 Å². The van der Waals surface area contributed by atoms with Gasteiger partial charge in [-0.1, -0.05) is 22.4 Å². The zero-order valence-corrected chi connectivity index (χ0v) is 12.4. The maximum atomic E-state index is 11.8. The zero-order valence-electron chi connectivity index (χ0n) is 9.21. The average Bonchev–Trinajstić information content (AvgIpc) is 2.70. The summed E-state index contributed by atoms with van der Waals surface area (Å²) >= 11 is 6.56. The molecule has 3 nitrogen and oxygen atoms in total. The van der Waals surface area contributed by atoms with Crippen LogP contribution in [0.3, 0.4) is 0 Å². The van der Waals surface area contributed by atoms with Gasteiger partial charge in [-0.15, -0.1) is 0 Å². The van der Waals surface area contributed by atoms with E-state index >= 15 is 0 Å². The molecule has 1 aromatic rings. The van der Waals surface area contributed by atoms with Crippen molar-refractivity contribution in [3.63, 3.8) is 0 Å². The van der Waals surface area contributed by atoms with Crippen molar-refractivity contribution in [2.75, 3.05) is 18.9 Å². The lowest BCUT2D eigenvalue weighted by Crippen LogP contribution is -2.27. The lowest BCUT2D eigenvalue weighted by Gasteiger charge is -2.15. The molecule has 0 spiro atoms. The highest BCUT2D eigenvalue weighted by Gasteiger charge is 2.14. The largest absolute Gasteiger partial charge is 0.444 e. The van der Waals surface area contributed by atoms with E-state index in [-0.39, 0.29) is 5.91 Å². The van der Waals surface area contributed by atoms with E-state index in [0.717, 1.165) is 31.1 Å². The smallest absolute Gasteiger partial charge is 0.289 e. The van der Waals surface area contributed by atoms with Crippen molar-refractivity contribution in [1.29, 1.82) is 0 Å². The van der Waals surface area contributed by atoms with Crippen molar-refractivity contribution >= 4 is 37.8 Å². The molecule has 0 aromatic carbocycles. The summed E-state index contributed by atoms with van der Waals surface area (Å²) < 4.78 is 5.80. The zero-order chi connectivity index (χ0) is 12.0. The predicted octanol–water partition coefficient (Wildman–Crippen LogP) is 3.68. The highest BCUT2D eigenvalue weighted by atomic mass is 79.9. The summed E-state index contributed by atoms with van der Waals surface area (Å²) in [5.74, 6) is 0.319. The number of unbranched alkanes of at least 4 members (excludes halogenated alkanes) is 2. The van der Waals surface area contributed by atoms with Gasteiger partial charge in [0.2, 0.25) is 0 Å². The van der Waals surface area contributed by atoms with Gasteiger partial charge in [0.1, 0.15) is 0 Å². The number of amides is 1.